The highest BCUT2D eigenvalue weighted by atomic mass is 32.1. The number of methoxy groups -OCH3 is 1. The lowest BCUT2D eigenvalue weighted by atomic mass is 9.95. The average Bonchev–Trinajstić information content (AvgIpc) is 3.56. The van der Waals surface area contributed by atoms with Gasteiger partial charge in [0.05, 0.1) is 42.2 Å². The number of fused-ring (bicyclic) bond motifs is 1. The zero-order chi connectivity index (χ0) is 31.4. The molecule has 0 aliphatic carbocycles. The Kier molecular flexibility index (Phi) is 9.54. The summed E-state index contributed by atoms with van der Waals surface area (Å²) in [5.74, 6) is -0.128. The van der Waals surface area contributed by atoms with Gasteiger partial charge in [0.2, 0.25) is 0 Å². The van der Waals surface area contributed by atoms with Gasteiger partial charge in [-0.25, -0.2) is 4.98 Å². The number of hydrogen-bond donors (Lipinski definition) is 1. The Morgan fingerprint density at radius 3 is 2.41 bits per heavy atom. The van der Waals surface area contributed by atoms with E-state index in [0.29, 0.717) is 46.7 Å². The van der Waals surface area contributed by atoms with Crippen LogP contribution in [-0.4, -0.2) is 42.1 Å². The minimum absolute atomic E-state index is 0.0250. The van der Waals surface area contributed by atoms with Gasteiger partial charge >= 0.3 is 5.91 Å². The maximum absolute atomic E-state index is 13.8. The number of Topliss-reactive ketones (excluding diaryl/α,β-unsaturated/α-hetero) is 1. The summed E-state index contributed by atoms with van der Waals surface area (Å²) >= 11 is 1.34. The van der Waals surface area contributed by atoms with E-state index >= 15 is 0 Å². The zero-order valence-corrected chi connectivity index (χ0v) is 26.6. The number of unbranched alkanes of at least 4 members (excludes halogenated alkanes) is 2. The van der Waals surface area contributed by atoms with Crippen molar-refractivity contribution >= 4 is 44.1 Å². The fraction of sp³-hybridized carbons (Fsp3) is 0.343. The van der Waals surface area contributed by atoms with Crippen molar-refractivity contribution in [3.8, 4) is 17.2 Å². The molecule has 3 aromatic carbocycles. The van der Waals surface area contributed by atoms with E-state index in [1.807, 2.05) is 32.9 Å². The molecule has 1 unspecified atom stereocenters. The molecule has 9 heteroatoms. The molecule has 0 spiro atoms. The van der Waals surface area contributed by atoms with Crippen LogP contribution in [0.1, 0.15) is 67.8 Å². The molecule has 1 saturated heterocycles. The van der Waals surface area contributed by atoms with Crippen LogP contribution in [-0.2, 0) is 9.59 Å². The summed E-state index contributed by atoms with van der Waals surface area (Å²) in [6, 6.07) is 15.3. The van der Waals surface area contributed by atoms with Gasteiger partial charge in [0, 0.05) is 5.56 Å². The van der Waals surface area contributed by atoms with Crippen molar-refractivity contribution in [3.63, 3.8) is 0 Å². The Bertz CT molecular complexity index is 1710. The minimum Gasteiger partial charge on any atom is -0.507 e. The molecule has 230 valence electrons. The normalized spacial score (nSPS) is 16.1. The number of anilines is 1. The number of hydrogen-bond acceptors (Lipinski definition) is 8. The first-order chi connectivity index (χ1) is 21.3. The standard InChI is InChI=1S/C35H38N2O6S/c1-6-8-9-17-43-26-15-12-24(20-27(26)41-5)31-29(32(38)23-10-13-25(14-11-23)42-16-7-2)33(39)34(40)37(31)35-36-30-22(4)18-21(3)19-28(30)44-35/h10-15,18-20,31,38H,6-9,16-17H2,1-5H3/b32-29+. The molecule has 5 rings (SSSR count). The number of aromatic nitrogens is 1. The van der Waals surface area contributed by atoms with Gasteiger partial charge in [0.25, 0.3) is 5.78 Å². The van der Waals surface area contributed by atoms with Crippen molar-refractivity contribution in [2.45, 2.75) is 59.4 Å². The largest absolute Gasteiger partial charge is 0.507 e. The fourth-order valence-corrected chi connectivity index (χ4v) is 6.57. The van der Waals surface area contributed by atoms with E-state index < -0.39 is 17.7 Å². The summed E-state index contributed by atoms with van der Waals surface area (Å²) in [6.07, 6.45) is 3.92. The van der Waals surface area contributed by atoms with Gasteiger partial charge in [-0.15, -0.1) is 0 Å². The van der Waals surface area contributed by atoms with Crippen LogP contribution in [0, 0.1) is 13.8 Å². The quantitative estimate of drug-likeness (QED) is 0.0749. The highest BCUT2D eigenvalue weighted by Gasteiger charge is 2.48. The van der Waals surface area contributed by atoms with E-state index in [1.54, 1.807) is 49.6 Å². The van der Waals surface area contributed by atoms with E-state index in [9.17, 15) is 14.7 Å². The lowest BCUT2D eigenvalue weighted by molar-refractivity contribution is -0.132. The fourth-order valence-electron chi connectivity index (χ4n) is 5.40. The Balaban J connectivity index is 1.64. The van der Waals surface area contributed by atoms with Crippen molar-refractivity contribution < 1.29 is 28.9 Å². The number of aliphatic hydroxyl groups excluding tert-OH is 1. The number of ether oxygens (including phenoxy) is 3. The van der Waals surface area contributed by atoms with Crippen LogP contribution in [0.25, 0.3) is 16.0 Å². The molecule has 1 amide bonds. The van der Waals surface area contributed by atoms with E-state index in [4.69, 9.17) is 19.2 Å². The summed E-state index contributed by atoms with van der Waals surface area (Å²) in [4.78, 5) is 33.7. The Morgan fingerprint density at radius 1 is 0.932 bits per heavy atom. The molecule has 1 N–H and O–H groups in total. The molecule has 0 radical (unpaired) electrons. The summed E-state index contributed by atoms with van der Waals surface area (Å²) in [5.41, 5.74) is 3.78. The summed E-state index contributed by atoms with van der Waals surface area (Å²) in [7, 11) is 1.55. The van der Waals surface area contributed by atoms with E-state index in [-0.39, 0.29) is 11.3 Å². The number of thiazole rings is 1. The average molecular weight is 615 g/mol. The van der Waals surface area contributed by atoms with Crippen molar-refractivity contribution in [1.29, 1.82) is 0 Å². The van der Waals surface area contributed by atoms with E-state index in [0.717, 1.165) is 47.0 Å². The van der Waals surface area contributed by atoms with Crippen molar-refractivity contribution in [2.75, 3.05) is 25.2 Å². The molecule has 4 aromatic rings. The number of amides is 1. The number of ketones is 1. The van der Waals surface area contributed by atoms with Gasteiger partial charge < -0.3 is 19.3 Å². The Hall–Kier alpha value is -4.37. The first-order valence-electron chi connectivity index (χ1n) is 15.0. The topological polar surface area (TPSA) is 98.2 Å². The number of aliphatic hydroxyl groups is 1. The molecule has 0 bridgehead atoms. The van der Waals surface area contributed by atoms with Gasteiger partial charge in [-0.3, -0.25) is 14.5 Å². The second kappa shape index (κ2) is 13.5. The molecular formula is C35H38N2O6S. The molecule has 1 aliphatic rings. The number of nitrogens with zero attached hydrogens (tertiary/aromatic N) is 2. The molecule has 1 aliphatic heterocycles. The SMILES string of the molecule is CCCCCOc1ccc(C2/C(=C(\O)c3ccc(OCCC)cc3)C(=O)C(=O)N2c2nc3c(C)cc(C)cc3s2)cc1OC. The predicted octanol–water partition coefficient (Wildman–Crippen LogP) is 7.91. The van der Waals surface area contributed by atoms with E-state index in [2.05, 4.69) is 6.92 Å². The molecule has 44 heavy (non-hydrogen) atoms. The molecule has 1 fully saturated rings. The maximum Gasteiger partial charge on any atom is 0.301 e. The third kappa shape index (κ3) is 6.15. The van der Waals surface area contributed by atoms with Crippen molar-refractivity contribution in [2.24, 2.45) is 0 Å². The summed E-state index contributed by atoms with van der Waals surface area (Å²) in [5, 5.41) is 12.0. The van der Waals surface area contributed by atoms with Crippen molar-refractivity contribution in [1.82, 2.24) is 4.98 Å². The van der Waals surface area contributed by atoms with Gasteiger partial charge in [-0.2, -0.15) is 0 Å². The number of aryl methyl sites for hydroxylation is 2. The smallest absolute Gasteiger partial charge is 0.301 e. The third-order valence-electron chi connectivity index (χ3n) is 7.58. The number of carbonyl (C=O) groups is 2. The monoisotopic (exact) mass is 614 g/mol. The number of carbonyl (C=O) groups excluding carboxylic acids is 2. The lowest BCUT2D eigenvalue weighted by Crippen LogP contribution is -2.29. The Morgan fingerprint density at radius 2 is 1.70 bits per heavy atom. The van der Waals surface area contributed by atoms with Gasteiger partial charge in [0.15, 0.2) is 16.6 Å². The highest BCUT2D eigenvalue weighted by Crippen LogP contribution is 2.46. The maximum atomic E-state index is 13.8. The Labute approximate surface area is 261 Å². The zero-order valence-electron chi connectivity index (χ0n) is 25.8. The summed E-state index contributed by atoms with van der Waals surface area (Å²) in [6.45, 7) is 9.25. The third-order valence-corrected chi connectivity index (χ3v) is 8.58. The van der Waals surface area contributed by atoms with Crippen LogP contribution in [0.5, 0.6) is 17.2 Å². The van der Waals surface area contributed by atoms with E-state index in [1.165, 1.54) is 16.2 Å². The number of rotatable bonds is 12. The first-order valence-corrected chi connectivity index (χ1v) is 15.8. The van der Waals surface area contributed by atoms with Crippen LogP contribution in [0.3, 0.4) is 0 Å². The van der Waals surface area contributed by atoms with Crippen molar-refractivity contribution in [3.05, 3.63) is 82.4 Å². The van der Waals surface area contributed by atoms with Crippen LogP contribution in [0.2, 0.25) is 0 Å². The molecular weight excluding hydrogens is 576 g/mol. The van der Waals surface area contributed by atoms with Gasteiger partial charge in [-0.05, 0) is 85.8 Å². The van der Waals surface area contributed by atoms with Crippen LogP contribution in [0.4, 0.5) is 5.13 Å². The minimum atomic E-state index is -0.948. The highest BCUT2D eigenvalue weighted by molar-refractivity contribution is 7.22. The van der Waals surface area contributed by atoms with Crippen LogP contribution >= 0.6 is 11.3 Å². The summed E-state index contributed by atoms with van der Waals surface area (Å²) < 4.78 is 18.3. The molecule has 8 nitrogen and oxygen atoms in total. The van der Waals surface area contributed by atoms with Crippen LogP contribution in [0.15, 0.2) is 60.2 Å². The van der Waals surface area contributed by atoms with Gasteiger partial charge in [0.1, 0.15) is 11.5 Å². The second-order valence-electron chi connectivity index (χ2n) is 10.9. The molecule has 1 aromatic heterocycles. The first kappa shape index (κ1) is 31.1. The second-order valence-corrected chi connectivity index (χ2v) is 11.9. The molecule has 0 saturated carbocycles. The lowest BCUT2D eigenvalue weighted by Gasteiger charge is -2.24. The number of benzene rings is 3. The van der Waals surface area contributed by atoms with Crippen LogP contribution < -0.4 is 19.1 Å². The predicted molar refractivity (Wildman–Crippen MR) is 174 cm³/mol. The van der Waals surface area contributed by atoms with Gasteiger partial charge in [-0.1, -0.05) is 50.2 Å². The molecule has 2 heterocycles. The molecule has 1 atom stereocenters.